The minimum Gasteiger partial charge on any atom is -0.338 e. The first kappa shape index (κ1) is 16.2. The second-order valence-electron chi connectivity index (χ2n) is 5.64. The molecule has 0 aliphatic carbocycles. The minimum absolute atomic E-state index is 0.395. The summed E-state index contributed by atoms with van der Waals surface area (Å²) in [5.41, 5.74) is 2.95. The van der Waals surface area contributed by atoms with Gasteiger partial charge in [0.2, 0.25) is 5.95 Å². The van der Waals surface area contributed by atoms with E-state index in [1.54, 1.807) is 6.20 Å². The molecule has 122 valence electrons. The smallest absolute Gasteiger partial charge is 0.249 e. The lowest BCUT2D eigenvalue weighted by atomic mass is 10.0. The molecule has 0 saturated carbocycles. The van der Waals surface area contributed by atoms with Crippen molar-refractivity contribution in [2.24, 2.45) is 0 Å². The highest BCUT2D eigenvalue weighted by atomic mass is 35.5. The highest BCUT2D eigenvalue weighted by molar-refractivity contribution is 6.33. The number of hydrogen-bond acceptors (Lipinski definition) is 5. The first-order valence-corrected chi connectivity index (χ1v) is 8.08. The molecule has 0 aliphatic rings. The molecular weight excluding hydrogens is 322 g/mol. The molecule has 5 nitrogen and oxygen atoms in total. The van der Waals surface area contributed by atoms with Crippen LogP contribution in [0.2, 0.25) is 5.02 Å². The molecule has 3 rings (SSSR count). The zero-order chi connectivity index (χ0) is 16.9. The van der Waals surface area contributed by atoms with Gasteiger partial charge in [-0.3, -0.25) is 0 Å². The minimum atomic E-state index is 0.395. The van der Waals surface area contributed by atoms with Gasteiger partial charge >= 0.3 is 0 Å². The molecular formula is C18H18ClN5. The van der Waals surface area contributed by atoms with E-state index in [2.05, 4.69) is 45.7 Å². The van der Waals surface area contributed by atoms with Crippen molar-refractivity contribution in [1.82, 2.24) is 15.2 Å². The van der Waals surface area contributed by atoms with E-state index in [0.717, 1.165) is 11.4 Å². The van der Waals surface area contributed by atoms with E-state index in [-0.39, 0.29) is 0 Å². The Morgan fingerprint density at radius 3 is 2.38 bits per heavy atom. The first-order valence-electron chi connectivity index (χ1n) is 7.70. The fraction of sp³-hybridized carbons (Fsp3) is 0.167. The third-order valence-corrected chi connectivity index (χ3v) is 3.85. The number of para-hydroxylation sites is 2. The van der Waals surface area contributed by atoms with Crippen LogP contribution in [-0.4, -0.2) is 15.2 Å². The summed E-state index contributed by atoms with van der Waals surface area (Å²) in [5, 5.41) is 15.1. The van der Waals surface area contributed by atoms with Crippen LogP contribution in [0.15, 0.2) is 54.7 Å². The van der Waals surface area contributed by atoms with Gasteiger partial charge in [-0.2, -0.15) is 10.1 Å². The van der Waals surface area contributed by atoms with Gasteiger partial charge in [0.05, 0.1) is 16.9 Å². The Labute approximate surface area is 146 Å². The summed E-state index contributed by atoms with van der Waals surface area (Å²) in [5.74, 6) is 1.40. The van der Waals surface area contributed by atoms with E-state index in [1.807, 2.05) is 42.5 Å². The first-order chi connectivity index (χ1) is 11.6. The normalized spacial score (nSPS) is 10.7. The highest BCUT2D eigenvalue weighted by Gasteiger charge is 2.08. The SMILES string of the molecule is CC(C)c1ccccc1Nc1nncc(Nc2ccccc2Cl)n1. The van der Waals surface area contributed by atoms with Gasteiger partial charge in [-0.1, -0.05) is 55.8 Å². The van der Waals surface area contributed by atoms with Crippen molar-refractivity contribution in [1.29, 1.82) is 0 Å². The van der Waals surface area contributed by atoms with Crippen molar-refractivity contribution in [3.8, 4) is 0 Å². The highest BCUT2D eigenvalue weighted by Crippen LogP contribution is 2.27. The maximum atomic E-state index is 6.16. The number of rotatable bonds is 5. The summed E-state index contributed by atoms with van der Waals surface area (Å²) in [6, 6.07) is 15.6. The van der Waals surface area contributed by atoms with E-state index in [4.69, 9.17) is 11.6 Å². The topological polar surface area (TPSA) is 62.7 Å². The molecule has 0 radical (unpaired) electrons. The van der Waals surface area contributed by atoms with Crippen LogP contribution in [0.1, 0.15) is 25.3 Å². The van der Waals surface area contributed by atoms with Crippen LogP contribution in [0.3, 0.4) is 0 Å². The predicted molar refractivity (Wildman–Crippen MR) is 98.4 cm³/mol. The standard InChI is InChI=1S/C18H18ClN5/c1-12(2)13-7-3-5-9-15(13)22-18-23-17(11-20-24-18)21-16-10-6-4-8-14(16)19/h3-12H,1-2H3,(H2,21,22,23,24). The van der Waals surface area contributed by atoms with Crippen LogP contribution in [-0.2, 0) is 0 Å². The summed E-state index contributed by atoms with van der Waals surface area (Å²) in [6.07, 6.45) is 1.56. The Kier molecular flexibility index (Phi) is 4.91. The number of nitrogens with one attached hydrogen (secondary N) is 2. The Hall–Kier alpha value is -2.66. The molecule has 0 fully saturated rings. The van der Waals surface area contributed by atoms with Crippen LogP contribution in [0, 0.1) is 0 Å². The third kappa shape index (κ3) is 3.81. The second kappa shape index (κ2) is 7.27. The summed E-state index contributed by atoms with van der Waals surface area (Å²) < 4.78 is 0. The van der Waals surface area contributed by atoms with Crippen LogP contribution in [0.5, 0.6) is 0 Å². The van der Waals surface area contributed by atoms with Crippen LogP contribution in [0.25, 0.3) is 0 Å². The Balaban J connectivity index is 1.83. The molecule has 0 amide bonds. The summed E-state index contributed by atoms with van der Waals surface area (Å²) in [6.45, 7) is 4.30. The average Bonchev–Trinajstić information content (AvgIpc) is 2.58. The van der Waals surface area contributed by atoms with E-state index in [1.165, 1.54) is 5.56 Å². The number of anilines is 4. The summed E-state index contributed by atoms with van der Waals surface area (Å²) >= 11 is 6.16. The average molecular weight is 340 g/mol. The van der Waals surface area contributed by atoms with E-state index >= 15 is 0 Å². The summed E-state index contributed by atoms with van der Waals surface area (Å²) in [7, 11) is 0. The molecule has 0 spiro atoms. The number of halogens is 1. The van der Waals surface area contributed by atoms with Gasteiger partial charge in [0.1, 0.15) is 0 Å². The number of benzene rings is 2. The lowest BCUT2D eigenvalue weighted by Crippen LogP contribution is -2.04. The van der Waals surface area contributed by atoms with Crippen molar-refractivity contribution >= 4 is 34.7 Å². The molecule has 3 aromatic rings. The van der Waals surface area contributed by atoms with Crippen molar-refractivity contribution in [2.75, 3.05) is 10.6 Å². The molecule has 24 heavy (non-hydrogen) atoms. The monoisotopic (exact) mass is 339 g/mol. The molecule has 2 N–H and O–H groups in total. The van der Waals surface area contributed by atoms with Gasteiger partial charge in [-0.25, -0.2) is 0 Å². The number of hydrogen-bond donors (Lipinski definition) is 2. The predicted octanol–water partition coefficient (Wildman–Crippen LogP) is 5.14. The number of nitrogens with zero attached hydrogens (tertiary/aromatic N) is 3. The van der Waals surface area contributed by atoms with Crippen molar-refractivity contribution in [3.63, 3.8) is 0 Å². The molecule has 2 aromatic carbocycles. The van der Waals surface area contributed by atoms with Crippen LogP contribution < -0.4 is 10.6 Å². The fourth-order valence-electron chi connectivity index (χ4n) is 2.35. The molecule has 1 aromatic heterocycles. The van der Waals surface area contributed by atoms with Gasteiger partial charge in [-0.05, 0) is 29.7 Å². The summed E-state index contributed by atoms with van der Waals surface area (Å²) in [4.78, 5) is 4.45. The Morgan fingerprint density at radius 1 is 0.917 bits per heavy atom. The molecule has 0 unspecified atom stereocenters. The second-order valence-corrected chi connectivity index (χ2v) is 6.04. The van der Waals surface area contributed by atoms with Gasteiger partial charge < -0.3 is 10.6 Å². The third-order valence-electron chi connectivity index (χ3n) is 3.52. The molecule has 0 bridgehead atoms. The lowest BCUT2D eigenvalue weighted by Gasteiger charge is -2.13. The largest absolute Gasteiger partial charge is 0.338 e. The maximum absolute atomic E-state index is 6.16. The van der Waals surface area contributed by atoms with Crippen molar-refractivity contribution in [3.05, 3.63) is 65.3 Å². The lowest BCUT2D eigenvalue weighted by molar-refractivity contribution is 0.867. The van der Waals surface area contributed by atoms with Gasteiger partial charge in [0, 0.05) is 5.69 Å². The zero-order valence-electron chi connectivity index (χ0n) is 13.5. The molecule has 6 heteroatoms. The molecule has 0 aliphatic heterocycles. The van der Waals surface area contributed by atoms with Gasteiger partial charge in [0.25, 0.3) is 0 Å². The van der Waals surface area contributed by atoms with Gasteiger partial charge in [-0.15, -0.1) is 5.10 Å². The van der Waals surface area contributed by atoms with Crippen LogP contribution in [0.4, 0.5) is 23.1 Å². The van der Waals surface area contributed by atoms with Crippen molar-refractivity contribution in [2.45, 2.75) is 19.8 Å². The quantitative estimate of drug-likeness (QED) is 0.674. The maximum Gasteiger partial charge on any atom is 0.249 e. The van der Waals surface area contributed by atoms with Crippen LogP contribution >= 0.6 is 11.6 Å². The molecule has 0 saturated heterocycles. The molecule has 0 atom stereocenters. The van der Waals surface area contributed by atoms with Gasteiger partial charge in [0.15, 0.2) is 5.82 Å². The Morgan fingerprint density at radius 2 is 1.62 bits per heavy atom. The van der Waals surface area contributed by atoms with Crippen molar-refractivity contribution < 1.29 is 0 Å². The van der Waals surface area contributed by atoms with E-state index in [0.29, 0.717) is 22.7 Å². The number of aromatic nitrogens is 3. The fourth-order valence-corrected chi connectivity index (χ4v) is 2.54. The zero-order valence-corrected chi connectivity index (χ0v) is 14.2. The Bertz CT molecular complexity index is 835. The molecule has 1 heterocycles. The van der Waals surface area contributed by atoms with E-state index < -0.39 is 0 Å². The van der Waals surface area contributed by atoms with E-state index in [9.17, 15) is 0 Å².